The minimum Gasteiger partial charge on any atom is -0.459 e. The normalized spacial score (nSPS) is 11.5. The van der Waals surface area contributed by atoms with Crippen LogP contribution in [-0.2, 0) is 14.8 Å². The van der Waals surface area contributed by atoms with Crippen molar-refractivity contribution < 1.29 is 17.9 Å². The Bertz CT molecular complexity index is 761. The van der Waals surface area contributed by atoms with Crippen molar-refractivity contribution in [2.75, 3.05) is 4.72 Å². The Labute approximate surface area is 134 Å². The number of hydrogen-bond donors (Lipinski definition) is 1. The fourth-order valence-corrected chi connectivity index (χ4v) is 4.06. The zero-order chi connectivity index (χ0) is 16.3. The first kappa shape index (κ1) is 16.5. The van der Waals surface area contributed by atoms with Crippen LogP contribution in [0.5, 0.6) is 0 Å². The molecule has 0 aliphatic heterocycles. The number of benzene rings is 1. The Morgan fingerprint density at radius 2 is 1.77 bits per heavy atom. The third-order valence-corrected chi connectivity index (χ3v) is 5.57. The number of rotatable bonds is 5. The Morgan fingerprint density at radius 1 is 1.14 bits per heavy atom. The molecule has 0 aliphatic rings. The van der Waals surface area contributed by atoms with Crippen molar-refractivity contribution in [1.29, 1.82) is 0 Å². The van der Waals surface area contributed by atoms with Crippen molar-refractivity contribution in [3.05, 3.63) is 46.8 Å². The highest BCUT2D eigenvalue weighted by molar-refractivity contribution is 7.94. The molecule has 0 aliphatic carbocycles. The van der Waals surface area contributed by atoms with Crippen molar-refractivity contribution in [2.45, 2.75) is 31.1 Å². The lowest BCUT2D eigenvalue weighted by molar-refractivity contribution is 0.0378. The Kier molecular flexibility index (Phi) is 4.87. The van der Waals surface area contributed by atoms with Crippen LogP contribution in [0.2, 0.25) is 0 Å². The van der Waals surface area contributed by atoms with Crippen LogP contribution in [0.25, 0.3) is 0 Å². The second-order valence-electron chi connectivity index (χ2n) is 5.00. The van der Waals surface area contributed by atoms with Crippen LogP contribution in [0.4, 0.5) is 5.69 Å². The molecule has 0 radical (unpaired) electrons. The molecule has 22 heavy (non-hydrogen) atoms. The first-order valence-electron chi connectivity index (χ1n) is 6.68. The number of sulfonamides is 1. The van der Waals surface area contributed by atoms with E-state index in [4.69, 9.17) is 4.74 Å². The summed E-state index contributed by atoms with van der Waals surface area (Å²) in [5.74, 6) is -0.432. The van der Waals surface area contributed by atoms with Crippen LogP contribution < -0.4 is 4.72 Å². The molecule has 0 unspecified atom stereocenters. The molecule has 0 atom stereocenters. The van der Waals surface area contributed by atoms with Gasteiger partial charge in [-0.15, -0.1) is 11.3 Å². The molecule has 2 aromatic rings. The average molecular weight is 339 g/mol. The number of carbonyl (C=O) groups excluding carboxylic acids is 1. The van der Waals surface area contributed by atoms with Crippen LogP contribution in [0, 0.1) is 6.92 Å². The highest BCUT2D eigenvalue weighted by Crippen LogP contribution is 2.23. The van der Waals surface area contributed by atoms with Gasteiger partial charge >= 0.3 is 5.97 Å². The maximum absolute atomic E-state index is 12.2. The van der Waals surface area contributed by atoms with Crippen LogP contribution >= 0.6 is 11.3 Å². The predicted molar refractivity (Wildman–Crippen MR) is 86.9 cm³/mol. The number of nitrogens with one attached hydrogen (secondary N) is 1. The van der Waals surface area contributed by atoms with Gasteiger partial charge in [-0.2, -0.15) is 0 Å². The summed E-state index contributed by atoms with van der Waals surface area (Å²) in [5.41, 5.74) is 0.774. The second kappa shape index (κ2) is 6.50. The first-order valence-corrected chi connectivity index (χ1v) is 8.98. The molecule has 1 N–H and O–H groups in total. The lowest BCUT2D eigenvalue weighted by atomic mass is 10.2. The number of ether oxygens (including phenoxy) is 1. The fourth-order valence-electron chi connectivity index (χ4n) is 1.72. The molecule has 2 rings (SSSR count). The van der Waals surface area contributed by atoms with Crippen molar-refractivity contribution in [3.63, 3.8) is 0 Å². The smallest absolute Gasteiger partial charge is 0.338 e. The third kappa shape index (κ3) is 4.08. The summed E-state index contributed by atoms with van der Waals surface area (Å²) in [6.07, 6.45) is -0.201. The Hall–Kier alpha value is -1.86. The molecule has 5 nitrogen and oxygen atoms in total. The molecule has 0 saturated carbocycles. The van der Waals surface area contributed by atoms with E-state index in [9.17, 15) is 13.2 Å². The van der Waals surface area contributed by atoms with E-state index in [-0.39, 0.29) is 10.3 Å². The third-order valence-electron chi connectivity index (χ3n) is 2.70. The molecule has 7 heteroatoms. The number of esters is 1. The lowest BCUT2D eigenvalue weighted by Gasteiger charge is -2.09. The summed E-state index contributed by atoms with van der Waals surface area (Å²) in [6.45, 7) is 5.38. The van der Waals surface area contributed by atoms with Gasteiger partial charge in [-0.3, -0.25) is 4.72 Å². The van der Waals surface area contributed by atoms with Crippen molar-refractivity contribution in [2.24, 2.45) is 0 Å². The number of anilines is 1. The molecule has 1 aromatic heterocycles. The summed E-state index contributed by atoms with van der Waals surface area (Å²) in [7, 11) is -3.59. The zero-order valence-corrected chi connectivity index (χ0v) is 14.1. The molecule has 0 amide bonds. The SMILES string of the molecule is Cc1ccc(S(=O)(=O)Nc2ccc(C(=O)OC(C)C)cc2)s1. The highest BCUT2D eigenvalue weighted by Gasteiger charge is 2.16. The standard InChI is InChI=1S/C15H17NO4S2/c1-10(2)20-15(17)12-5-7-13(8-6-12)16-22(18,19)14-9-4-11(3)21-14/h4-10,16H,1-3H3. The van der Waals surface area contributed by atoms with Crippen LogP contribution in [-0.4, -0.2) is 20.5 Å². The maximum atomic E-state index is 12.2. The van der Waals surface area contributed by atoms with E-state index >= 15 is 0 Å². The molecule has 1 aromatic carbocycles. The molecular weight excluding hydrogens is 322 g/mol. The van der Waals surface area contributed by atoms with E-state index in [1.54, 1.807) is 26.0 Å². The van der Waals surface area contributed by atoms with Gasteiger partial charge < -0.3 is 4.74 Å². The Morgan fingerprint density at radius 3 is 2.27 bits per heavy atom. The van der Waals surface area contributed by atoms with Gasteiger partial charge in [-0.05, 0) is 57.2 Å². The van der Waals surface area contributed by atoms with Crippen molar-refractivity contribution in [1.82, 2.24) is 0 Å². The molecule has 0 spiro atoms. The summed E-state index contributed by atoms with van der Waals surface area (Å²) in [5, 5.41) is 0. The summed E-state index contributed by atoms with van der Waals surface area (Å²) >= 11 is 1.20. The Balaban J connectivity index is 2.13. The molecule has 118 valence electrons. The van der Waals surface area contributed by atoms with Crippen molar-refractivity contribution in [3.8, 4) is 0 Å². The molecule has 0 bridgehead atoms. The predicted octanol–water partition coefficient (Wildman–Crippen LogP) is 3.42. The number of hydrogen-bond acceptors (Lipinski definition) is 5. The summed E-state index contributed by atoms with van der Waals surface area (Å²) in [6, 6.07) is 9.45. The minimum absolute atomic E-state index is 0.201. The quantitative estimate of drug-likeness (QED) is 0.847. The van der Waals surface area contributed by atoms with Crippen molar-refractivity contribution >= 4 is 33.0 Å². The highest BCUT2D eigenvalue weighted by atomic mass is 32.2. The van der Waals surface area contributed by atoms with E-state index in [1.165, 1.54) is 35.6 Å². The van der Waals surface area contributed by atoms with Gasteiger partial charge in [0, 0.05) is 10.6 Å². The van der Waals surface area contributed by atoms with E-state index < -0.39 is 16.0 Å². The average Bonchev–Trinajstić information content (AvgIpc) is 2.86. The van der Waals surface area contributed by atoms with Gasteiger partial charge in [0.05, 0.1) is 11.7 Å². The molecular formula is C15H17NO4S2. The number of carbonyl (C=O) groups is 1. The molecule has 1 heterocycles. The van der Waals surface area contributed by atoms with E-state index in [0.717, 1.165) is 4.88 Å². The van der Waals surface area contributed by atoms with E-state index in [0.29, 0.717) is 11.3 Å². The molecule has 0 fully saturated rings. The van der Waals surface area contributed by atoms with Gasteiger partial charge in [0.25, 0.3) is 10.0 Å². The number of aryl methyl sites for hydroxylation is 1. The topological polar surface area (TPSA) is 72.5 Å². The molecule has 0 saturated heterocycles. The maximum Gasteiger partial charge on any atom is 0.338 e. The van der Waals surface area contributed by atoms with E-state index in [2.05, 4.69) is 4.72 Å². The number of thiophene rings is 1. The summed E-state index contributed by atoms with van der Waals surface area (Å²) < 4.78 is 32.2. The van der Waals surface area contributed by atoms with E-state index in [1.807, 2.05) is 6.92 Å². The van der Waals surface area contributed by atoms with Crippen LogP contribution in [0.3, 0.4) is 0 Å². The monoisotopic (exact) mass is 339 g/mol. The first-order chi connectivity index (χ1) is 10.3. The lowest BCUT2D eigenvalue weighted by Crippen LogP contribution is -2.13. The second-order valence-corrected chi connectivity index (χ2v) is 8.20. The minimum atomic E-state index is -3.59. The largest absolute Gasteiger partial charge is 0.459 e. The van der Waals surface area contributed by atoms with Gasteiger partial charge in [-0.25, -0.2) is 13.2 Å². The van der Waals surface area contributed by atoms with Gasteiger partial charge in [0.15, 0.2) is 0 Å². The van der Waals surface area contributed by atoms with Gasteiger partial charge in [-0.1, -0.05) is 0 Å². The van der Waals surface area contributed by atoms with Crippen LogP contribution in [0.1, 0.15) is 29.1 Å². The zero-order valence-electron chi connectivity index (χ0n) is 12.5. The fraction of sp³-hybridized carbons (Fsp3) is 0.267. The van der Waals surface area contributed by atoms with Gasteiger partial charge in [0.1, 0.15) is 4.21 Å². The summed E-state index contributed by atoms with van der Waals surface area (Å²) in [4.78, 5) is 12.6. The van der Waals surface area contributed by atoms with Gasteiger partial charge in [0.2, 0.25) is 0 Å². The van der Waals surface area contributed by atoms with Crippen LogP contribution in [0.15, 0.2) is 40.6 Å².